The van der Waals surface area contributed by atoms with Gasteiger partial charge in [-0.05, 0) is 22.4 Å². The SMILES string of the molecule is N#CC(NC(=O)Cc1ccsc1)=C(Cl)Cl. The van der Waals surface area contributed by atoms with Crippen LogP contribution in [-0.2, 0) is 11.2 Å². The maximum atomic E-state index is 11.4. The minimum absolute atomic E-state index is 0.126. The van der Waals surface area contributed by atoms with Crippen LogP contribution in [0.1, 0.15) is 5.56 Å². The molecule has 0 saturated heterocycles. The molecule has 3 nitrogen and oxygen atoms in total. The molecule has 0 atom stereocenters. The number of nitriles is 1. The Balaban J connectivity index is 2.58. The Hall–Kier alpha value is -1.02. The first-order valence-electron chi connectivity index (χ1n) is 3.89. The van der Waals surface area contributed by atoms with Gasteiger partial charge in [0.05, 0.1) is 6.42 Å². The number of carbonyl (C=O) groups is 1. The molecule has 0 aliphatic rings. The van der Waals surface area contributed by atoms with E-state index in [0.717, 1.165) is 5.56 Å². The number of thiophene rings is 1. The largest absolute Gasteiger partial charge is 0.315 e. The van der Waals surface area contributed by atoms with E-state index in [1.54, 1.807) is 6.07 Å². The summed E-state index contributed by atoms with van der Waals surface area (Å²) < 4.78 is -0.240. The third-order valence-electron chi connectivity index (χ3n) is 1.51. The fourth-order valence-electron chi connectivity index (χ4n) is 0.880. The second-order valence-corrected chi connectivity index (χ2v) is 4.33. The minimum atomic E-state index is -0.316. The van der Waals surface area contributed by atoms with Crippen molar-refractivity contribution in [1.82, 2.24) is 5.32 Å². The van der Waals surface area contributed by atoms with Crippen LogP contribution in [0.15, 0.2) is 27.0 Å². The summed E-state index contributed by atoms with van der Waals surface area (Å²) in [5.74, 6) is -0.316. The molecule has 1 heterocycles. The third-order valence-corrected chi connectivity index (χ3v) is 2.62. The lowest BCUT2D eigenvalue weighted by atomic mass is 10.2. The maximum absolute atomic E-state index is 11.4. The lowest BCUT2D eigenvalue weighted by Gasteiger charge is -2.01. The van der Waals surface area contributed by atoms with Gasteiger partial charge in [-0.15, -0.1) is 0 Å². The summed E-state index contributed by atoms with van der Waals surface area (Å²) in [6.45, 7) is 0. The molecule has 0 radical (unpaired) electrons. The highest BCUT2D eigenvalue weighted by Crippen LogP contribution is 2.12. The van der Waals surface area contributed by atoms with Crippen LogP contribution in [0, 0.1) is 11.3 Å². The van der Waals surface area contributed by atoms with Gasteiger partial charge in [-0.2, -0.15) is 16.6 Å². The number of nitrogens with one attached hydrogen (secondary N) is 1. The second kappa shape index (κ2) is 5.76. The summed E-state index contributed by atoms with van der Waals surface area (Å²) in [5.41, 5.74) is 0.763. The van der Waals surface area contributed by atoms with Crippen LogP contribution in [0.4, 0.5) is 0 Å². The Morgan fingerprint density at radius 1 is 1.60 bits per heavy atom. The van der Waals surface area contributed by atoms with Crippen LogP contribution in [0.25, 0.3) is 0 Å². The number of allylic oxidation sites excluding steroid dienone is 1. The molecule has 0 aromatic carbocycles. The Labute approximate surface area is 101 Å². The van der Waals surface area contributed by atoms with Gasteiger partial charge in [-0.3, -0.25) is 4.79 Å². The lowest BCUT2D eigenvalue weighted by Crippen LogP contribution is -2.23. The lowest BCUT2D eigenvalue weighted by molar-refractivity contribution is -0.119. The Morgan fingerprint density at radius 2 is 2.33 bits per heavy atom. The van der Waals surface area contributed by atoms with Gasteiger partial charge < -0.3 is 5.32 Å². The van der Waals surface area contributed by atoms with E-state index in [1.807, 2.05) is 16.8 Å². The number of carbonyl (C=O) groups excluding carboxylic acids is 1. The third kappa shape index (κ3) is 3.92. The van der Waals surface area contributed by atoms with Crippen LogP contribution in [0.5, 0.6) is 0 Å². The zero-order valence-electron chi connectivity index (χ0n) is 7.46. The zero-order valence-corrected chi connectivity index (χ0v) is 9.79. The highest BCUT2D eigenvalue weighted by molar-refractivity contribution is 7.08. The van der Waals surface area contributed by atoms with Gasteiger partial charge >= 0.3 is 0 Å². The van der Waals surface area contributed by atoms with E-state index < -0.39 is 0 Å². The minimum Gasteiger partial charge on any atom is -0.315 e. The van der Waals surface area contributed by atoms with Gasteiger partial charge in [0.25, 0.3) is 0 Å². The van der Waals surface area contributed by atoms with Crippen molar-refractivity contribution in [3.8, 4) is 6.07 Å². The quantitative estimate of drug-likeness (QED) is 0.850. The number of halogens is 2. The van der Waals surface area contributed by atoms with Gasteiger partial charge in [0.15, 0.2) is 5.70 Å². The van der Waals surface area contributed by atoms with Crippen LogP contribution >= 0.6 is 34.5 Å². The summed E-state index contributed by atoms with van der Waals surface area (Å²) in [5, 5.41) is 14.6. The second-order valence-electron chi connectivity index (χ2n) is 2.60. The van der Waals surface area contributed by atoms with Crippen molar-refractivity contribution in [2.24, 2.45) is 0 Å². The highest BCUT2D eigenvalue weighted by Gasteiger charge is 2.08. The molecule has 0 unspecified atom stereocenters. The fourth-order valence-corrected chi connectivity index (χ4v) is 1.73. The summed E-state index contributed by atoms with van der Waals surface area (Å²) in [6.07, 6.45) is 0.204. The van der Waals surface area contributed by atoms with Crippen molar-refractivity contribution < 1.29 is 4.79 Å². The summed E-state index contributed by atoms with van der Waals surface area (Å²) in [6, 6.07) is 3.53. The zero-order chi connectivity index (χ0) is 11.3. The molecule has 0 aliphatic carbocycles. The number of amides is 1. The van der Waals surface area contributed by atoms with Gasteiger partial charge in [-0.1, -0.05) is 23.2 Å². The molecule has 0 aliphatic heterocycles. The van der Waals surface area contributed by atoms with E-state index >= 15 is 0 Å². The molecule has 78 valence electrons. The molecule has 0 fully saturated rings. The molecule has 0 bridgehead atoms. The van der Waals surface area contributed by atoms with Crippen molar-refractivity contribution in [2.75, 3.05) is 0 Å². The number of nitrogens with zero attached hydrogens (tertiary/aromatic N) is 1. The fraction of sp³-hybridized carbons (Fsp3) is 0.111. The summed E-state index contributed by atoms with van der Waals surface area (Å²) in [7, 11) is 0. The smallest absolute Gasteiger partial charge is 0.229 e. The molecule has 1 rings (SSSR count). The molecule has 0 spiro atoms. The van der Waals surface area contributed by atoms with Gasteiger partial charge in [0.1, 0.15) is 10.6 Å². The molecule has 1 aromatic heterocycles. The number of hydrogen-bond donors (Lipinski definition) is 1. The van der Waals surface area contributed by atoms with Crippen LogP contribution < -0.4 is 5.32 Å². The van der Waals surface area contributed by atoms with Crippen LogP contribution in [-0.4, -0.2) is 5.91 Å². The molecule has 1 aromatic rings. The predicted octanol–water partition coefficient (Wildman–Crippen LogP) is 2.58. The first kappa shape index (κ1) is 12.1. The topological polar surface area (TPSA) is 52.9 Å². The highest BCUT2D eigenvalue weighted by atomic mass is 35.5. The average molecular weight is 261 g/mol. The Morgan fingerprint density at radius 3 is 2.80 bits per heavy atom. The van der Waals surface area contributed by atoms with E-state index in [0.29, 0.717) is 0 Å². The van der Waals surface area contributed by atoms with E-state index in [4.69, 9.17) is 28.5 Å². The molecule has 0 saturated carbocycles. The van der Waals surface area contributed by atoms with Crippen molar-refractivity contribution in [2.45, 2.75) is 6.42 Å². The average Bonchev–Trinajstić information content (AvgIpc) is 2.66. The molecule has 15 heavy (non-hydrogen) atoms. The van der Waals surface area contributed by atoms with Gasteiger partial charge in [0, 0.05) is 0 Å². The molecule has 6 heteroatoms. The van der Waals surface area contributed by atoms with Gasteiger partial charge in [-0.25, -0.2) is 0 Å². The van der Waals surface area contributed by atoms with Gasteiger partial charge in [0.2, 0.25) is 5.91 Å². The van der Waals surface area contributed by atoms with Crippen molar-refractivity contribution in [3.63, 3.8) is 0 Å². The van der Waals surface area contributed by atoms with E-state index in [1.165, 1.54) is 11.3 Å². The maximum Gasteiger partial charge on any atom is 0.229 e. The normalized spacial score (nSPS) is 9.13. The van der Waals surface area contributed by atoms with Crippen molar-refractivity contribution in [1.29, 1.82) is 5.26 Å². The van der Waals surface area contributed by atoms with Crippen LogP contribution in [0.2, 0.25) is 0 Å². The first-order valence-corrected chi connectivity index (χ1v) is 5.59. The van der Waals surface area contributed by atoms with E-state index in [9.17, 15) is 4.79 Å². The molecular weight excluding hydrogens is 255 g/mol. The summed E-state index contributed by atoms with van der Waals surface area (Å²) >= 11 is 12.3. The number of hydrogen-bond acceptors (Lipinski definition) is 3. The first-order chi connectivity index (χ1) is 7.13. The standard InChI is InChI=1S/C9H6Cl2N2OS/c10-9(11)7(4-12)13-8(14)3-6-1-2-15-5-6/h1-2,5H,3H2,(H,13,14). The van der Waals surface area contributed by atoms with Crippen LogP contribution in [0.3, 0.4) is 0 Å². The predicted molar refractivity (Wildman–Crippen MR) is 60.5 cm³/mol. The molecular formula is C9H6Cl2N2OS. The van der Waals surface area contributed by atoms with E-state index in [-0.39, 0.29) is 22.5 Å². The van der Waals surface area contributed by atoms with Crippen molar-refractivity contribution >= 4 is 40.4 Å². The van der Waals surface area contributed by atoms with Crippen molar-refractivity contribution in [3.05, 3.63) is 32.6 Å². The summed E-state index contributed by atoms with van der Waals surface area (Å²) in [4.78, 5) is 11.4. The monoisotopic (exact) mass is 260 g/mol. The van der Waals surface area contributed by atoms with E-state index in [2.05, 4.69) is 5.32 Å². The number of rotatable bonds is 3. The molecule has 1 N–H and O–H groups in total. The Bertz CT molecular complexity index is 416. The Kier molecular flexibility index (Phi) is 4.63. The molecule has 1 amide bonds.